The van der Waals surface area contributed by atoms with Crippen LogP contribution in [-0.4, -0.2) is 18.6 Å². The zero-order valence-corrected chi connectivity index (χ0v) is 19.0. The van der Waals surface area contributed by atoms with Crippen molar-refractivity contribution < 1.29 is 9.53 Å². The number of carbonyl (C=O) groups excluding carboxylic acids is 1. The summed E-state index contributed by atoms with van der Waals surface area (Å²) in [5, 5.41) is 3.42. The molecule has 0 aliphatic carbocycles. The molecule has 0 unspecified atom stereocenters. The van der Waals surface area contributed by atoms with Gasteiger partial charge in [-0.25, -0.2) is 0 Å². The molecule has 0 fully saturated rings. The SMILES string of the molecule is C#CCOc1ccc(NCc2cccc(SC)c2)c(C(=O)c2ccc(C(C)C)cc2)c1. The van der Waals surface area contributed by atoms with Crippen LogP contribution in [-0.2, 0) is 6.54 Å². The molecule has 0 saturated carbocycles. The third-order valence-electron chi connectivity index (χ3n) is 5.01. The highest BCUT2D eigenvalue weighted by molar-refractivity contribution is 7.98. The van der Waals surface area contributed by atoms with Crippen molar-refractivity contribution in [2.24, 2.45) is 0 Å². The highest BCUT2D eigenvalue weighted by Crippen LogP contribution is 2.27. The average Bonchev–Trinajstić information content (AvgIpc) is 2.81. The Morgan fingerprint density at radius 3 is 2.55 bits per heavy atom. The Balaban J connectivity index is 1.89. The number of hydrogen-bond acceptors (Lipinski definition) is 4. The minimum atomic E-state index is -0.0539. The largest absolute Gasteiger partial charge is 0.481 e. The number of terminal acetylenes is 1. The predicted octanol–water partition coefficient (Wildman–Crippen LogP) is 6.39. The lowest BCUT2D eigenvalue weighted by Gasteiger charge is -2.14. The van der Waals surface area contributed by atoms with Crippen molar-refractivity contribution in [2.75, 3.05) is 18.2 Å². The van der Waals surface area contributed by atoms with Crippen molar-refractivity contribution in [3.05, 3.63) is 89.0 Å². The van der Waals surface area contributed by atoms with E-state index >= 15 is 0 Å². The number of thioether (sulfide) groups is 1. The summed E-state index contributed by atoms with van der Waals surface area (Å²) in [5.41, 5.74) is 4.33. The highest BCUT2D eigenvalue weighted by Gasteiger charge is 2.16. The monoisotopic (exact) mass is 429 g/mol. The lowest BCUT2D eigenvalue weighted by Crippen LogP contribution is -2.09. The summed E-state index contributed by atoms with van der Waals surface area (Å²) in [6.07, 6.45) is 7.37. The Labute approximate surface area is 189 Å². The molecule has 3 aromatic carbocycles. The first-order valence-electron chi connectivity index (χ1n) is 10.2. The third kappa shape index (κ3) is 5.93. The summed E-state index contributed by atoms with van der Waals surface area (Å²) in [5.74, 6) is 3.40. The maximum Gasteiger partial charge on any atom is 0.195 e. The van der Waals surface area contributed by atoms with Gasteiger partial charge in [0.2, 0.25) is 0 Å². The van der Waals surface area contributed by atoms with E-state index in [0.29, 0.717) is 29.3 Å². The van der Waals surface area contributed by atoms with E-state index in [9.17, 15) is 4.79 Å². The van der Waals surface area contributed by atoms with E-state index in [2.05, 4.69) is 49.5 Å². The quantitative estimate of drug-likeness (QED) is 0.243. The van der Waals surface area contributed by atoms with Crippen LogP contribution in [0, 0.1) is 12.3 Å². The second kappa shape index (κ2) is 10.7. The summed E-state index contributed by atoms with van der Waals surface area (Å²) >= 11 is 1.71. The van der Waals surface area contributed by atoms with Crippen molar-refractivity contribution in [1.29, 1.82) is 0 Å². The first kappa shape index (κ1) is 22.5. The van der Waals surface area contributed by atoms with Crippen LogP contribution in [0.15, 0.2) is 71.6 Å². The van der Waals surface area contributed by atoms with Crippen molar-refractivity contribution >= 4 is 23.2 Å². The molecule has 0 spiro atoms. The fraction of sp³-hybridized carbons (Fsp3) is 0.222. The van der Waals surface area contributed by atoms with Gasteiger partial charge < -0.3 is 10.1 Å². The van der Waals surface area contributed by atoms with Crippen LogP contribution in [0.25, 0.3) is 0 Å². The van der Waals surface area contributed by atoms with Gasteiger partial charge in [-0.1, -0.05) is 56.2 Å². The number of nitrogens with one attached hydrogen (secondary N) is 1. The van der Waals surface area contributed by atoms with E-state index in [4.69, 9.17) is 11.2 Å². The van der Waals surface area contributed by atoms with Crippen LogP contribution >= 0.6 is 11.8 Å². The third-order valence-corrected chi connectivity index (χ3v) is 5.74. The van der Waals surface area contributed by atoms with E-state index in [1.54, 1.807) is 17.8 Å². The first-order valence-corrected chi connectivity index (χ1v) is 11.5. The van der Waals surface area contributed by atoms with Crippen molar-refractivity contribution in [3.63, 3.8) is 0 Å². The average molecular weight is 430 g/mol. The number of benzene rings is 3. The van der Waals surface area contributed by atoms with Gasteiger partial charge in [0.25, 0.3) is 0 Å². The van der Waals surface area contributed by atoms with Crippen molar-refractivity contribution in [2.45, 2.75) is 31.2 Å². The fourth-order valence-electron chi connectivity index (χ4n) is 3.23. The summed E-state index contributed by atoms with van der Waals surface area (Å²) in [6.45, 7) is 5.05. The summed E-state index contributed by atoms with van der Waals surface area (Å²) in [7, 11) is 0. The lowest BCUT2D eigenvalue weighted by molar-refractivity contribution is 0.103. The number of ether oxygens (including phenoxy) is 1. The molecule has 0 aromatic heterocycles. The van der Waals surface area contributed by atoms with E-state index in [1.165, 1.54) is 10.5 Å². The zero-order valence-electron chi connectivity index (χ0n) is 18.1. The summed E-state index contributed by atoms with van der Waals surface area (Å²) < 4.78 is 5.56. The molecule has 3 nitrogen and oxygen atoms in total. The van der Waals surface area contributed by atoms with Gasteiger partial charge in [0, 0.05) is 28.3 Å². The van der Waals surface area contributed by atoms with Crippen LogP contribution < -0.4 is 10.1 Å². The minimum absolute atomic E-state index is 0.0539. The maximum absolute atomic E-state index is 13.3. The Kier molecular flexibility index (Phi) is 7.81. The van der Waals surface area contributed by atoms with E-state index in [-0.39, 0.29) is 12.4 Å². The number of hydrogen-bond donors (Lipinski definition) is 1. The molecule has 0 heterocycles. The predicted molar refractivity (Wildman–Crippen MR) is 130 cm³/mol. The Morgan fingerprint density at radius 1 is 1.10 bits per heavy atom. The molecular formula is C27H27NO2S. The summed E-state index contributed by atoms with van der Waals surface area (Å²) in [6, 6.07) is 21.6. The van der Waals surface area contributed by atoms with Gasteiger partial charge in [-0.3, -0.25) is 4.79 Å². The molecule has 1 N–H and O–H groups in total. The number of anilines is 1. The Bertz CT molecular complexity index is 1080. The Morgan fingerprint density at radius 2 is 1.87 bits per heavy atom. The van der Waals surface area contributed by atoms with Gasteiger partial charge in [-0.15, -0.1) is 18.2 Å². The summed E-state index contributed by atoms with van der Waals surface area (Å²) in [4.78, 5) is 14.6. The number of ketones is 1. The second-order valence-corrected chi connectivity index (χ2v) is 8.39. The smallest absolute Gasteiger partial charge is 0.195 e. The standard InChI is InChI=1S/C27H27NO2S/c1-5-15-30-23-13-14-26(28-18-20-7-6-8-24(16-20)31-4)25(17-23)27(29)22-11-9-21(10-12-22)19(2)3/h1,6-14,16-17,19,28H,15,18H2,2-4H3. The van der Waals surface area contributed by atoms with Crippen molar-refractivity contribution in [1.82, 2.24) is 0 Å². The molecule has 0 radical (unpaired) electrons. The van der Waals surface area contributed by atoms with Crippen LogP contribution in [0.5, 0.6) is 5.75 Å². The molecule has 0 saturated heterocycles. The molecule has 31 heavy (non-hydrogen) atoms. The molecule has 0 bridgehead atoms. The van der Waals surface area contributed by atoms with E-state index in [1.807, 2.05) is 42.5 Å². The van der Waals surface area contributed by atoms with Crippen LogP contribution in [0.4, 0.5) is 5.69 Å². The molecule has 0 amide bonds. The molecule has 158 valence electrons. The topological polar surface area (TPSA) is 38.3 Å². The molecule has 0 aliphatic heterocycles. The van der Waals surface area contributed by atoms with Gasteiger partial charge in [0.1, 0.15) is 12.4 Å². The normalized spacial score (nSPS) is 10.5. The van der Waals surface area contributed by atoms with Gasteiger partial charge in [-0.05, 0) is 53.6 Å². The molecule has 0 atom stereocenters. The van der Waals surface area contributed by atoms with Crippen LogP contribution in [0.1, 0.15) is 46.8 Å². The number of rotatable bonds is 9. The maximum atomic E-state index is 13.3. The van der Waals surface area contributed by atoms with E-state index < -0.39 is 0 Å². The first-order chi connectivity index (χ1) is 15.0. The van der Waals surface area contributed by atoms with Crippen LogP contribution in [0.2, 0.25) is 0 Å². The highest BCUT2D eigenvalue weighted by atomic mass is 32.2. The number of carbonyl (C=O) groups is 1. The van der Waals surface area contributed by atoms with Gasteiger partial charge in [-0.2, -0.15) is 0 Å². The molecule has 3 aromatic rings. The van der Waals surface area contributed by atoms with Gasteiger partial charge >= 0.3 is 0 Å². The van der Waals surface area contributed by atoms with E-state index in [0.717, 1.165) is 11.3 Å². The van der Waals surface area contributed by atoms with Crippen molar-refractivity contribution in [3.8, 4) is 18.1 Å². The molecule has 4 heteroatoms. The fourth-order valence-corrected chi connectivity index (χ4v) is 3.72. The van der Waals surface area contributed by atoms with Crippen LogP contribution in [0.3, 0.4) is 0 Å². The second-order valence-electron chi connectivity index (χ2n) is 7.51. The Hall–Kier alpha value is -3.16. The lowest BCUT2D eigenvalue weighted by atomic mass is 9.97. The minimum Gasteiger partial charge on any atom is -0.481 e. The molecule has 3 rings (SSSR count). The molecule has 0 aliphatic rings. The zero-order chi connectivity index (χ0) is 22.2. The van der Waals surface area contributed by atoms with Gasteiger partial charge in [0.05, 0.1) is 0 Å². The van der Waals surface area contributed by atoms with Gasteiger partial charge in [0.15, 0.2) is 5.78 Å². The molecular weight excluding hydrogens is 402 g/mol.